The van der Waals surface area contributed by atoms with Crippen molar-refractivity contribution in [2.75, 3.05) is 21.3 Å². The molecule has 0 aromatic rings. The maximum Gasteiger partial charge on any atom is 0.371 e. The van der Waals surface area contributed by atoms with Gasteiger partial charge in [-0.3, -0.25) is 0 Å². The van der Waals surface area contributed by atoms with Gasteiger partial charge in [0.05, 0.1) is 0 Å². The van der Waals surface area contributed by atoms with Crippen LogP contribution in [0.3, 0.4) is 0 Å². The van der Waals surface area contributed by atoms with Gasteiger partial charge in [0.1, 0.15) is 5.22 Å². The lowest BCUT2D eigenvalue weighted by atomic mass is 9.88. The number of hydrogen-bond acceptors (Lipinski definition) is 3. The van der Waals surface area contributed by atoms with Gasteiger partial charge in [-0.05, 0) is 31.2 Å². The van der Waals surface area contributed by atoms with E-state index in [4.69, 9.17) is 13.6 Å². The molecule has 0 saturated carbocycles. The molecule has 0 aromatic carbocycles. The van der Waals surface area contributed by atoms with Crippen molar-refractivity contribution < 1.29 is 13.6 Å². The normalized spacial score (nSPS) is 31.5. The Balaban J connectivity index is 3.13. The summed E-state index contributed by atoms with van der Waals surface area (Å²) in [5.74, 6) is 0.591. The first kappa shape index (κ1) is 16.2. The SMILES string of the molecule is CCCC1CCC[Si](OC)(OC)C1(CCC)OC. The number of ether oxygens (including phenoxy) is 1. The molecule has 4 heteroatoms. The predicted molar refractivity (Wildman–Crippen MR) is 76.9 cm³/mol. The second kappa shape index (κ2) is 7.03. The maximum absolute atomic E-state index is 6.09. The molecular weight excluding hydrogens is 244 g/mol. The molecule has 0 aliphatic carbocycles. The Morgan fingerprint density at radius 1 is 1.11 bits per heavy atom. The third-order valence-corrected chi connectivity index (χ3v) is 9.13. The second-order valence-corrected chi connectivity index (χ2v) is 9.05. The van der Waals surface area contributed by atoms with Crippen LogP contribution in [0.5, 0.6) is 0 Å². The van der Waals surface area contributed by atoms with Gasteiger partial charge in [0.25, 0.3) is 0 Å². The van der Waals surface area contributed by atoms with Gasteiger partial charge in [0.15, 0.2) is 0 Å². The largest absolute Gasteiger partial charge is 0.396 e. The Labute approximate surface area is 113 Å². The van der Waals surface area contributed by atoms with Crippen LogP contribution in [-0.4, -0.2) is 35.1 Å². The third-order valence-electron chi connectivity index (χ3n) is 4.64. The van der Waals surface area contributed by atoms with E-state index in [2.05, 4.69) is 13.8 Å². The van der Waals surface area contributed by atoms with Gasteiger partial charge in [-0.1, -0.05) is 33.1 Å². The second-order valence-electron chi connectivity index (χ2n) is 5.38. The van der Waals surface area contributed by atoms with Crippen LogP contribution in [0, 0.1) is 5.92 Å². The van der Waals surface area contributed by atoms with Gasteiger partial charge >= 0.3 is 8.56 Å². The first-order valence-electron chi connectivity index (χ1n) is 7.31. The van der Waals surface area contributed by atoms with Gasteiger partial charge in [0.2, 0.25) is 0 Å². The minimum atomic E-state index is -2.25. The van der Waals surface area contributed by atoms with Crippen LogP contribution >= 0.6 is 0 Å². The van der Waals surface area contributed by atoms with Crippen LogP contribution < -0.4 is 0 Å². The van der Waals surface area contributed by atoms with Gasteiger partial charge in [-0.25, -0.2) is 0 Å². The fourth-order valence-electron chi connectivity index (χ4n) is 3.89. The van der Waals surface area contributed by atoms with E-state index in [-0.39, 0.29) is 5.22 Å². The van der Waals surface area contributed by atoms with Gasteiger partial charge in [-0.2, -0.15) is 0 Å². The highest BCUT2D eigenvalue weighted by Gasteiger charge is 2.62. The lowest BCUT2D eigenvalue weighted by Gasteiger charge is -2.52. The molecule has 1 aliphatic heterocycles. The van der Waals surface area contributed by atoms with Crippen LogP contribution in [0.15, 0.2) is 0 Å². The summed E-state index contributed by atoms with van der Waals surface area (Å²) in [5.41, 5.74) is 0. The maximum atomic E-state index is 6.09. The van der Waals surface area contributed by atoms with E-state index in [1.165, 1.54) is 25.7 Å². The zero-order valence-electron chi connectivity index (χ0n) is 12.8. The number of methoxy groups -OCH3 is 1. The molecule has 1 heterocycles. The summed E-state index contributed by atoms with van der Waals surface area (Å²) >= 11 is 0. The van der Waals surface area contributed by atoms with Crippen molar-refractivity contribution in [1.29, 1.82) is 0 Å². The zero-order valence-corrected chi connectivity index (χ0v) is 13.8. The highest BCUT2D eigenvalue weighted by atomic mass is 28.4. The topological polar surface area (TPSA) is 27.7 Å². The van der Waals surface area contributed by atoms with E-state index in [9.17, 15) is 0 Å². The molecule has 0 bridgehead atoms. The van der Waals surface area contributed by atoms with Crippen molar-refractivity contribution >= 4 is 8.56 Å². The number of hydrogen-bond donors (Lipinski definition) is 0. The minimum absolute atomic E-state index is 0.153. The van der Waals surface area contributed by atoms with Crippen molar-refractivity contribution in [3.05, 3.63) is 0 Å². The lowest BCUT2D eigenvalue weighted by Crippen LogP contribution is -2.68. The van der Waals surface area contributed by atoms with Crippen LogP contribution in [-0.2, 0) is 13.6 Å². The van der Waals surface area contributed by atoms with Crippen molar-refractivity contribution in [2.45, 2.75) is 63.6 Å². The summed E-state index contributed by atoms with van der Waals surface area (Å²) in [6.45, 7) is 4.48. The van der Waals surface area contributed by atoms with Gasteiger partial charge in [-0.15, -0.1) is 0 Å². The van der Waals surface area contributed by atoms with Crippen molar-refractivity contribution in [2.24, 2.45) is 5.92 Å². The molecule has 2 unspecified atom stereocenters. The molecule has 0 radical (unpaired) electrons. The molecule has 1 rings (SSSR count). The summed E-state index contributed by atoms with van der Waals surface area (Å²) in [6.07, 6.45) is 7.07. The first-order valence-corrected chi connectivity index (χ1v) is 9.34. The lowest BCUT2D eigenvalue weighted by molar-refractivity contribution is -0.0562. The molecule has 0 spiro atoms. The monoisotopic (exact) mass is 274 g/mol. The predicted octanol–water partition coefficient (Wildman–Crippen LogP) is 3.66. The summed E-state index contributed by atoms with van der Waals surface area (Å²) < 4.78 is 18.0. The molecule has 1 fully saturated rings. The van der Waals surface area contributed by atoms with E-state index in [0.717, 1.165) is 18.9 Å². The van der Waals surface area contributed by atoms with Crippen LogP contribution in [0.4, 0.5) is 0 Å². The van der Waals surface area contributed by atoms with E-state index in [0.29, 0.717) is 5.92 Å². The first-order chi connectivity index (χ1) is 8.66. The fourth-order valence-corrected chi connectivity index (χ4v) is 8.10. The Kier molecular flexibility index (Phi) is 6.31. The summed E-state index contributed by atoms with van der Waals surface area (Å²) in [5, 5.41) is -0.153. The summed E-state index contributed by atoms with van der Waals surface area (Å²) in [7, 11) is 3.22. The van der Waals surface area contributed by atoms with E-state index in [1.54, 1.807) is 0 Å². The van der Waals surface area contributed by atoms with Crippen molar-refractivity contribution in [1.82, 2.24) is 0 Å². The molecular formula is C14H30O3Si. The van der Waals surface area contributed by atoms with Gasteiger partial charge in [0, 0.05) is 21.3 Å². The summed E-state index contributed by atoms with van der Waals surface area (Å²) in [6, 6.07) is 1.06. The molecule has 1 saturated heterocycles. The standard InChI is InChI=1S/C14H30O3Si/c1-6-9-13-10-8-12-18(16-4,17-5)14(13,15-3)11-7-2/h13H,6-12H2,1-5H3. The Morgan fingerprint density at radius 3 is 2.22 bits per heavy atom. The van der Waals surface area contributed by atoms with Crippen LogP contribution in [0.2, 0.25) is 6.04 Å². The van der Waals surface area contributed by atoms with Crippen molar-refractivity contribution in [3.8, 4) is 0 Å². The molecule has 0 amide bonds. The van der Waals surface area contributed by atoms with Crippen LogP contribution in [0.1, 0.15) is 52.4 Å². The van der Waals surface area contributed by atoms with Gasteiger partial charge < -0.3 is 13.6 Å². The number of rotatable bonds is 7. The van der Waals surface area contributed by atoms with Crippen LogP contribution in [0.25, 0.3) is 0 Å². The molecule has 3 nitrogen and oxygen atoms in total. The Bertz CT molecular complexity index is 241. The molecule has 1 aliphatic rings. The van der Waals surface area contributed by atoms with Crippen molar-refractivity contribution in [3.63, 3.8) is 0 Å². The average Bonchev–Trinajstić information content (AvgIpc) is 2.41. The quantitative estimate of drug-likeness (QED) is 0.663. The Hall–Kier alpha value is 0.0969. The molecule has 2 atom stereocenters. The smallest absolute Gasteiger partial charge is 0.371 e. The average molecular weight is 274 g/mol. The van der Waals surface area contributed by atoms with E-state index in [1.807, 2.05) is 21.3 Å². The highest BCUT2D eigenvalue weighted by Crippen LogP contribution is 2.48. The molecule has 0 N–H and O–H groups in total. The fraction of sp³-hybridized carbons (Fsp3) is 1.00. The van der Waals surface area contributed by atoms with E-state index >= 15 is 0 Å². The third kappa shape index (κ3) is 2.53. The molecule has 108 valence electrons. The highest BCUT2D eigenvalue weighted by molar-refractivity contribution is 6.70. The minimum Gasteiger partial charge on any atom is -0.396 e. The molecule has 0 aromatic heterocycles. The van der Waals surface area contributed by atoms with E-state index < -0.39 is 8.56 Å². The zero-order chi connectivity index (χ0) is 13.6. The summed E-state index contributed by atoms with van der Waals surface area (Å²) in [4.78, 5) is 0. The Morgan fingerprint density at radius 2 is 1.78 bits per heavy atom. The molecule has 18 heavy (non-hydrogen) atoms.